The lowest BCUT2D eigenvalue weighted by Gasteiger charge is -2.21. The van der Waals surface area contributed by atoms with Crippen LogP contribution in [0.4, 0.5) is 0 Å². The van der Waals surface area contributed by atoms with Crippen molar-refractivity contribution in [3.8, 4) is 5.75 Å². The van der Waals surface area contributed by atoms with Gasteiger partial charge in [0.1, 0.15) is 5.75 Å². The third kappa shape index (κ3) is 7.68. The molecule has 1 rings (SSSR count). The van der Waals surface area contributed by atoms with E-state index in [-0.39, 0.29) is 11.8 Å². The first-order chi connectivity index (χ1) is 11.1. The van der Waals surface area contributed by atoms with Gasteiger partial charge in [-0.15, -0.1) is 0 Å². The van der Waals surface area contributed by atoms with Crippen molar-refractivity contribution in [1.29, 1.82) is 0 Å². The maximum Gasteiger partial charge on any atom is 0.221 e. The van der Waals surface area contributed by atoms with Crippen LogP contribution in [0.2, 0.25) is 0 Å². The van der Waals surface area contributed by atoms with Crippen LogP contribution in [0.25, 0.3) is 0 Å². The fraction of sp³-hybridized carbons (Fsp3) is 0.556. The van der Waals surface area contributed by atoms with Gasteiger partial charge in [-0.2, -0.15) is 0 Å². The number of hydrogen-bond acceptors (Lipinski definition) is 3. The molecule has 5 nitrogen and oxygen atoms in total. The Bertz CT molecular complexity index is 486. The quantitative estimate of drug-likeness (QED) is 0.674. The highest BCUT2D eigenvalue weighted by Crippen LogP contribution is 2.12. The van der Waals surface area contributed by atoms with Crippen molar-refractivity contribution in [2.75, 3.05) is 26.7 Å². The number of nitrogens with zero attached hydrogens (tertiary/aromatic N) is 1. The summed E-state index contributed by atoms with van der Waals surface area (Å²) in [7, 11) is 1.64. The summed E-state index contributed by atoms with van der Waals surface area (Å²) in [6.45, 7) is 5.42. The fourth-order valence-corrected chi connectivity index (χ4v) is 2.21. The first-order valence-corrected chi connectivity index (χ1v) is 8.22. The highest BCUT2D eigenvalue weighted by molar-refractivity contribution is 5.77. The summed E-state index contributed by atoms with van der Waals surface area (Å²) in [6.07, 6.45) is 3.16. The second kappa shape index (κ2) is 10.6. The Hall–Kier alpha value is -2.04. The molecule has 0 atom stereocenters. The van der Waals surface area contributed by atoms with Gasteiger partial charge in [0.05, 0.1) is 7.11 Å². The minimum Gasteiger partial charge on any atom is -0.497 e. The van der Waals surface area contributed by atoms with Gasteiger partial charge in [0.2, 0.25) is 11.8 Å². The van der Waals surface area contributed by atoms with E-state index in [0.29, 0.717) is 26.1 Å². The molecule has 1 aromatic carbocycles. The summed E-state index contributed by atoms with van der Waals surface area (Å²) >= 11 is 0. The normalized spacial score (nSPS) is 10.2. The van der Waals surface area contributed by atoms with Crippen molar-refractivity contribution in [1.82, 2.24) is 10.2 Å². The molecular weight excluding hydrogens is 292 g/mol. The highest BCUT2D eigenvalue weighted by atomic mass is 16.5. The summed E-state index contributed by atoms with van der Waals surface area (Å²) in [5.41, 5.74) is 1.14. The van der Waals surface area contributed by atoms with Crippen molar-refractivity contribution in [2.45, 2.75) is 39.5 Å². The molecule has 0 bridgehead atoms. The third-order valence-electron chi connectivity index (χ3n) is 3.74. The largest absolute Gasteiger partial charge is 0.497 e. The molecule has 1 N–H and O–H groups in total. The van der Waals surface area contributed by atoms with E-state index in [9.17, 15) is 9.59 Å². The first kappa shape index (κ1) is 19.0. The van der Waals surface area contributed by atoms with Crippen LogP contribution in [-0.2, 0) is 16.0 Å². The van der Waals surface area contributed by atoms with E-state index in [1.807, 2.05) is 24.3 Å². The maximum absolute atomic E-state index is 11.7. The summed E-state index contributed by atoms with van der Waals surface area (Å²) in [5.74, 6) is 0.829. The van der Waals surface area contributed by atoms with Gasteiger partial charge in [-0.1, -0.05) is 25.5 Å². The number of benzene rings is 1. The second-order valence-electron chi connectivity index (χ2n) is 5.56. The number of unbranched alkanes of at least 4 members (excludes halogenated alkanes) is 1. The fourth-order valence-electron chi connectivity index (χ4n) is 2.21. The molecule has 128 valence electrons. The molecule has 0 aliphatic rings. The smallest absolute Gasteiger partial charge is 0.221 e. The average Bonchev–Trinajstić information content (AvgIpc) is 2.55. The van der Waals surface area contributed by atoms with Crippen molar-refractivity contribution in [2.24, 2.45) is 0 Å². The predicted molar refractivity (Wildman–Crippen MR) is 91.5 cm³/mol. The van der Waals surface area contributed by atoms with E-state index >= 15 is 0 Å². The van der Waals surface area contributed by atoms with Crippen LogP contribution in [0.5, 0.6) is 5.75 Å². The van der Waals surface area contributed by atoms with Crippen molar-refractivity contribution in [3.05, 3.63) is 29.8 Å². The van der Waals surface area contributed by atoms with Crippen molar-refractivity contribution < 1.29 is 14.3 Å². The van der Waals surface area contributed by atoms with Crippen LogP contribution >= 0.6 is 0 Å². The summed E-state index contributed by atoms with van der Waals surface area (Å²) in [5, 5.41) is 2.87. The Balaban J connectivity index is 2.39. The molecule has 5 heteroatoms. The number of hydrogen-bond donors (Lipinski definition) is 1. The van der Waals surface area contributed by atoms with Crippen LogP contribution in [0.15, 0.2) is 24.3 Å². The minimum atomic E-state index is -0.000120. The first-order valence-electron chi connectivity index (χ1n) is 8.22. The lowest BCUT2D eigenvalue weighted by molar-refractivity contribution is -0.129. The van der Waals surface area contributed by atoms with Crippen molar-refractivity contribution >= 4 is 11.8 Å². The lowest BCUT2D eigenvalue weighted by atomic mass is 10.1. The Morgan fingerprint density at radius 2 is 1.87 bits per heavy atom. The lowest BCUT2D eigenvalue weighted by Crippen LogP contribution is -2.35. The Labute approximate surface area is 139 Å². The van der Waals surface area contributed by atoms with Gasteiger partial charge in [-0.05, 0) is 30.5 Å². The van der Waals surface area contributed by atoms with Crippen LogP contribution in [-0.4, -0.2) is 43.5 Å². The molecule has 0 aromatic heterocycles. The molecule has 2 amide bonds. The van der Waals surface area contributed by atoms with Gasteiger partial charge in [0.15, 0.2) is 0 Å². The topological polar surface area (TPSA) is 58.6 Å². The standard InChI is InChI=1S/C18H28N2O3/c1-4-5-12-19-18(22)11-14-20(15(2)21)13-10-16-6-8-17(23-3)9-7-16/h6-9H,4-5,10-14H2,1-3H3,(H,19,22). The van der Waals surface area contributed by atoms with Crippen LogP contribution in [0.1, 0.15) is 38.7 Å². The molecular formula is C18H28N2O3. The molecule has 0 unspecified atom stereocenters. The number of ether oxygens (including phenoxy) is 1. The molecule has 23 heavy (non-hydrogen) atoms. The van der Waals surface area contributed by atoms with Crippen LogP contribution < -0.4 is 10.1 Å². The van der Waals surface area contributed by atoms with E-state index in [4.69, 9.17) is 4.74 Å². The van der Waals surface area contributed by atoms with E-state index in [0.717, 1.165) is 30.6 Å². The zero-order valence-corrected chi connectivity index (χ0v) is 14.4. The van der Waals surface area contributed by atoms with Gasteiger partial charge >= 0.3 is 0 Å². The molecule has 0 saturated heterocycles. The Morgan fingerprint density at radius 1 is 1.17 bits per heavy atom. The number of methoxy groups -OCH3 is 1. The van der Waals surface area contributed by atoms with Gasteiger partial charge in [-0.3, -0.25) is 9.59 Å². The highest BCUT2D eigenvalue weighted by Gasteiger charge is 2.11. The molecule has 0 aliphatic carbocycles. The van der Waals surface area contributed by atoms with Gasteiger partial charge in [0.25, 0.3) is 0 Å². The van der Waals surface area contributed by atoms with E-state index < -0.39 is 0 Å². The van der Waals surface area contributed by atoms with Gasteiger partial charge in [0, 0.05) is 33.0 Å². The number of carbonyl (C=O) groups is 2. The Kier molecular flexibility index (Phi) is 8.80. The average molecular weight is 320 g/mol. The predicted octanol–water partition coefficient (Wildman–Crippen LogP) is 2.39. The zero-order valence-electron chi connectivity index (χ0n) is 14.4. The summed E-state index contributed by atoms with van der Waals surface area (Å²) in [4.78, 5) is 25.2. The Morgan fingerprint density at radius 3 is 2.43 bits per heavy atom. The summed E-state index contributed by atoms with van der Waals surface area (Å²) in [6, 6.07) is 7.81. The molecule has 0 spiro atoms. The SMILES string of the molecule is CCCCNC(=O)CCN(CCc1ccc(OC)cc1)C(C)=O. The minimum absolute atomic E-state index is 0.000120. The molecule has 0 heterocycles. The second-order valence-corrected chi connectivity index (χ2v) is 5.56. The molecule has 0 aliphatic heterocycles. The number of rotatable bonds is 10. The van der Waals surface area contributed by atoms with Gasteiger partial charge < -0.3 is 15.0 Å². The van der Waals surface area contributed by atoms with E-state index in [1.54, 1.807) is 18.9 Å². The van der Waals surface area contributed by atoms with Crippen molar-refractivity contribution in [3.63, 3.8) is 0 Å². The van der Waals surface area contributed by atoms with Crippen LogP contribution in [0, 0.1) is 0 Å². The number of amides is 2. The van der Waals surface area contributed by atoms with E-state index in [2.05, 4.69) is 12.2 Å². The van der Waals surface area contributed by atoms with E-state index in [1.165, 1.54) is 0 Å². The van der Waals surface area contributed by atoms with Crippen LogP contribution in [0.3, 0.4) is 0 Å². The maximum atomic E-state index is 11.7. The number of nitrogens with one attached hydrogen (secondary N) is 1. The zero-order chi connectivity index (χ0) is 17.1. The molecule has 0 fully saturated rings. The molecule has 0 radical (unpaired) electrons. The number of carbonyl (C=O) groups excluding carboxylic acids is 2. The third-order valence-corrected chi connectivity index (χ3v) is 3.74. The molecule has 0 saturated carbocycles. The van der Waals surface area contributed by atoms with Gasteiger partial charge in [-0.25, -0.2) is 0 Å². The molecule has 1 aromatic rings. The summed E-state index contributed by atoms with van der Waals surface area (Å²) < 4.78 is 5.13. The monoisotopic (exact) mass is 320 g/mol.